The lowest BCUT2D eigenvalue weighted by atomic mass is 10.0. The minimum atomic E-state index is -0.637. The molecule has 0 atom stereocenters. The number of carbonyl (C=O) groups is 2. The summed E-state index contributed by atoms with van der Waals surface area (Å²) >= 11 is 0. The number of hydrogen-bond acceptors (Lipinski definition) is 5. The molecule has 27 heavy (non-hydrogen) atoms. The molecule has 0 fully saturated rings. The van der Waals surface area contributed by atoms with E-state index >= 15 is 0 Å². The van der Waals surface area contributed by atoms with Gasteiger partial charge < -0.3 is 14.2 Å². The van der Waals surface area contributed by atoms with Gasteiger partial charge in [0.1, 0.15) is 11.4 Å². The number of hydrogen-bond donors (Lipinski definition) is 0. The maximum absolute atomic E-state index is 12.6. The van der Waals surface area contributed by atoms with E-state index in [2.05, 4.69) is 0 Å². The second-order valence-corrected chi connectivity index (χ2v) is 6.86. The molecule has 0 N–H and O–H groups in total. The number of methoxy groups -OCH3 is 1. The summed E-state index contributed by atoms with van der Waals surface area (Å²) in [5.74, 6) is -0.516. The average molecular weight is 368 g/mol. The fourth-order valence-electron chi connectivity index (χ4n) is 2.35. The van der Waals surface area contributed by atoms with Crippen molar-refractivity contribution < 1.29 is 23.8 Å². The number of benzene rings is 2. The molecule has 5 nitrogen and oxygen atoms in total. The normalized spacial score (nSPS) is 11.6. The van der Waals surface area contributed by atoms with Crippen LogP contribution in [0.4, 0.5) is 0 Å². The van der Waals surface area contributed by atoms with Crippen LogP contribution in [-0.4, -0.2) is 31.3 Å². The molecule has 0 saturated heterocycles. The molecular weight excluding hydrogens is 344 g/mol. The zero-order valence-electron chi connectivity index (χ0n) is 16.0. The average Bonchev–Trinajstić information content (AvgIpc) is 2.63. The van der Waals surface area contributed by atoms with Gasteiger partial charge in [-0.2, -0.15) is 0 Å². The second kappa shape index (κ2) is 9.03. The standard InChI is InChI=1S/C22H24O5/c1-22(2,3)27-20(23)15-26-21(24)19(17-10-6-5-7-11-17)14-16-9-8-12-18(13-16)25-4/h5-14H,15H2,1-4H3/b19-14+. The zero-order chi connectivity index (χ0) is 19.9. The molecule has 0 spiro atoms. The fourth-order valence-corrected chi connectivity index (χ4v) is 2.35. The molecule has 0 unspecified atom stereocenters. The first-order valence-electron chi connectivity index (χ1n) is 8.58. The number of ether oxygens (including phenoxy) is 3. The summed E-state index contributed by atoms with van der Waals surface area (Å²) in [5.41, 5.74) is 1.17. The Morgan fingerprint density at radius 1 is 1.00 bits per heavy atom. The van der Waals surface area contributed by atoms with Crippen molar-refractivity contribution in [1.29, 1.82) is 0 Å². The molecule has 0 heterocycles. The first-order chi connectivity index (χ1) is 12.8. The lowest BCUT2D eigenvalue weighted by Gasteiger charge is -2.19. The Labute approximate surface area is 159 Å². The summed E-state index contributed by atoms with van der Waals surface area (Å²) < 4.78 is 15.6. The molecule has 5 heteroatoms. The van der Waals surface area contributed by atoms with Crippen LogP contribution < -0.4 is 4.74 Å². The predicted octanol–water partition coefficient (Wildman–Crippen LogP) is 4.12. The predicted molar refractivity (Wildman–Crippen MR) is 104 cm³/mol. The first-order valence-corrected chi connectivity index (χ1v) is 8.58. The van der Waals surface area contributed by atoms with E-state index in [9.17, 15) is 9.59 Å². The van der Waals surface area contributed by atoms with Gasteiger partial charge in [0.05, 0.1) is 12.7 Å². The summed E-state index contributed by atoms with van der Waals surface area (Å²) in [6, 6.07) is 16.4. The van der Waals surface area contributed by atoms with Crippen LogP contribution in [-0.2, 0) is 19.1 Å². The minimum absolute atomic E-state index is 0.340. The van der Waals surface area contributed by atoms with Crippen molar-refractivity contribution in [3.63, 3.8) is 0 Å². The molecule has 2 aromatic rings. The quantitative estimate of drug-likeness (QED) is 0.436. The maximum Gasteiger partial charge on any atom is 0.344 e. The molecule has 0 aliphatic rings. The van der Waals surface area contributed by atoms with Gasteiger partial charge in [0, 0.05) is 0 Å². The van der Waals surface area contributed by atoms with Crippen molar-refractivity contribution in [3.8, 4) is 5.75 Å². The van der Waals surface area contributed by atoms with Gasteiger partial charge >= 0.3 is 11.9 Å². The lowest BCUT2D eigenvalue weighted by Crippen LogP contribution is -2.27. The van der Waals surface area contributed by atoms with Crippen molar-refractivity contribution in [3.05, 3.63) is 65.7 Å². The van der Waals surface area contributed by atoms with Crippen molar-refractivity contribution in [2.24, 2.45) is 0 Å². The third-order valence-corrected chi connectivity index (χ3v) is 3.45. The third-order valence-electron chi connectivity index (χ3n) is 3.45. The molecule has 0 aliphatic heterocycles. The fraction of sp³-hybridized carbons (Fsp3) is 0.273. The molecule has 2 aromatic carbocycles. The third kappa shape index (κ3) is 6.62. The first kappa shape index (κ1) is 20.2. The van der Waals surface area contributed by atoms with Crippen LogP contribution in [0.15, 0.2) is 54.6 Å². The number of esters is 2. The highest BCUT2D eigenvalue weighted by molar-refractivity contribution is 6.21. The lowest BCUT2D eigenvalue weighted by molar-refractivity contribution is -0.164. The van der Waals surface area contributed by atoms with Gasteiger partial charge in [-0.05, 0) is 50.1 Å². The Hall–Kier alpha value is -3.08. The van der Waals surface area contributed by atoms with Crippen LogP contribution in [0, 0.1) is 0 Å². The summed E-state index contributed by atoms with van der Waals surface area (Å²) in [6.45, 7) is 4.82. The molecule has 0 aliphatic carbocycles. The van der Waals surface area contributed by atoms with Crippen LogP contribution in [0.25, 0.3) is 11.6 Å². The van der Waals surface area contributed by atoms with E-state index in [4.69, 9.17) is 14.2 Å². The summed E-state index contributed by atoms with van der Waals surface area (Å²) in [5, 5.41) is 0. The Kier molecular flexibility index (Phi) is 6.77. The highest BCUT2D eigenvalue weighted by atomic mass is 16.6. The Balaban J connectivity index is 2.24. The van der Waals surface area contributed by atoms with Gasteiger partial charge in [0.25, 0.3) is 0 Å². The van der Waals surface area contributed by atoms with Gasteiger partial charge in [0.2, 0.25) is 0 Å². The SMILES string of the molecule is COc1cccc(/C=C(/C(=O)OCC(=O)OC(C)(C)C)c2ccccc2)c1. The van der Waals surface area contributed by atoms with E-state index < -0.39 is 24.1 Å². The van der Waals surface area contributed by atoms with Gasteiger partial charge in [-0.15, -0.1) is 0 Å². The Bertz CT molecular complexity index is 816. The largest absolute Gasteiger partial charge is 0.497 e. The van der Waals surface area contributed by atoms with Crippen molar-refractivity contribution in [2.45, 2.75) is 26.4 Å². The van der Waals surface area contributed by atoms with E-state index in [0.717, 1.165) is 5.56 Å². The Morgan fingerprint density at radius 3 is 2.33 bits per heavy atom. The number of rotatable bonds is 6. The zero-order valence-corrected chi connectivity index (χ0v) is 16.0. The van der Waals surface area contributed by atoms with Gasteiger partial charge in [-0.3, -0.25) is 0 Å². The van der Waals surface area contributed by atoms with Crippen molar-refractivity contribution in [2.75, 3.05) is 13.7 Å². The minimum Gasteiger partial charge on any atom is -0.497 e. The molecule has 0 saturated carbocycles. The van der Waals surface area contributed by atoms with Gasteiger partial charge in [-0.1, -0.05) is 42.5 Å². The smallest absolute Gasteiger partial charge is 0.344 e. The van der Waals surface area contributed by atoms with Crippen molar-refractivity contribution >= 4 is 23.6 Å². The summed E-state index contributed by atoms with van der Waals surface area (Å²) in [6.07, 6.45) is 1.70. The van der Waals surface area contributed by atoms with Gasteiger partial charge in [0.15, 0.2) is 6.61 Å². The molecule has 0 amide bonds. The van der Waals surface area contributed by atoms with Crippen LogP contribution in [0.5, 0.6) is 5.75 Å². The topological polar surface area (TPSA) is 61.8 Å². The van der Waals surface area contributed by atoms with Crippen LogP contribution in [0.2, 0.25) is 0 Å². The van der Waals surface area contributed by atoms with Crippen molar-refractivity contribution in [1.82, 2.24) is 0 Å². The molecule has 0 radical (unpaired) electrons. The van der Waals surface area contributed by atoms with Gasteiger partial charge in [-0.25, -0.2) is 9.59 Å². The van der Waals surface area contributed by atoms with E-state index in [1.807, 2.05) is 42.5 Å². The molecular formula is C22H24O5. The molecule has 0 bridgehead atoms. The van der Waals surface area contributed by atoms with Crippen LogP contribution in [0.1, 0.15) is 31.9 Å². The van der Waals surface area contributed by atoms with E-state index in [0.29, 0.717) is 16.9 Å². The summed E-state index contributed by atoms with van der Waals surface area (Å²) in [4.78, 5) is 24.5. The van der Waals surface area contributed by atoms with E-state index in [1.165, 1.54) is 0 Å². The monoisotopic (exact) mass is 368 g/mol. The molecule has 2 rings (SSSR count). The molecule has 0 aromatic heterocycles. The maximum atomic E-state index is 12.6. The Morgan fingerprint density at radius 2 is 1.70 bits per heavy atom. The highest BCUT2D eigenvalue weighted by Crippen LogP contribution is 2.22. The summed E-state index contributed by atoms with van der Waals surface area (Å²) in [7, 11) is 1.58. The number of carbonyl (C=O) groups excluding carboxylic acids is 2. The molecule has 142 valence electrons. The van der Waals surface area contributed by atoms with E-state index in [-0.39, 0.29) is 0 Å². The highest BCUT2D eigenvalue weighted by Gasteiger charge is 2.20. The van der Waals surface area contributed by atoms with E-state index in [1.54, 1.807) is 46.1 Å². The second-order valence-electron chi connectivity index (χ2n) is 6.86. The van der Waals surface area contributed by atoms with Crippen LogP contribution >= 0.6 is 0 Å². The van der Waals surface area contributed by atoms with Crippen LogP contribution in [0.3, 0.4) is 0 Å².